The van der Waals surface area contributed by atoms with Gasteiger partial charge >= 0.3 is 11.9 Å². The van der Waals surface area contributed by atoms with Crippen LogP contribution in [0.2, 0.25) is 0 Å². The molecule has 0 radical (unpaired) electrons. The summed E-state index contributed by atoms with van der Waals surface area (Å²) in [6.45, 7) is 0. The fourth-order valence-corrected chi connectivity index (χ4v) is 1.79. The van der Waals surface area contributed by atoms with Gasteiger partial charge in [0.05, 0.1) is 14.2 Å². The smallest absolute Gasteiger partial charge is 0.355 e. The molecule has 2 rings (SSSR count). The van der Waals surface area contributed by atoms with Gasteiger partial charge in [0.2, 0.25) is 5.43 Å². The molecule has 1 heterocycles. The van der Waals surface area contributed by atoms with Gasteiger partial charge in [0.15, 0.2) is 0 Å². The van der Waals surface area contributed by atoms with Crippen LogP contribution in [0.5, 0.6) is 0 Å². The summed E-state index contributed by atoms with van der Waals surface area (Å²) in [6, 6.07) is 6.56. The largest absolute Gasteiger partial charge is 0.465 e. The maximum atomic E-state index is 12.2. The fraction of sp³-hybridized carbons (Fsp3) is 0.154. The van der Waals surface area contributed by atoms with E-state index in [0.717, 1.165) is 14.2 Å². The number of nitrogens with one attached hydrogen (secondary N) is 1. The number of pyridine rings is 1. The van der Waals surface area contributed by atoms with Gasteiger partial charge in [-0.15, -0.1) is 0 Å². The monoisotopic (exact) mass is 261 g/mol. The molecule has 0 atom stereocenters. The Morgan fingerprint density at radius 2 is 1.68 bits per heavy atom. The number of carbonyl (C=O) groups is 2. The average Bonchev–Trinajstić information content (AvgIpc) is 2.45. The first-order valence-corrected chi connectivity index (χ1v) is 5.41. The molecule has 0 spiro atoms. The van der Waals surface area contributed by atoms with Crippen molar-refractivity contribution in [3.63, 3.8) is 0 Å². The molecule has 2 aromatic rings. The van der Waals surface area contributed by atoms with E-state index in [1.54, 1.807) is 24.3 Å². The van der Waals surface area contributed by atoms with E-state index in [4.69, 9.17) is 0 Å². The van der Waals surface area contributed by atoms with Crippen molar-refractivity contribution >= 4 is 22.8 Å². The molecule has 1 aromatic carbocycles. The van der Waals surface area contributed by atoms with Crippen LogP contribution in [0, 0.1) is 0 Å². The van der Waals surface area contributed by atoms with Gasteiger partial charge in [-0.05, 0) is 12.1 Å². The van der Waals surface area contributed by atoms with Crippen LogP contribution in [-0.2, 0) is 9.47 Å². The highest BCUT2D eigenvalue weighted by molar-refractivity contribution is 6.04. The van der Waals surface area contributed by atoms with Crippen molar-refractivity contribution in [2.75, 3.05) is 14.2 Å². The molecule has 0 saturated heterocycles. The minimum Gasteiger partial charge on any atom is -0.465 e. The first-order valence-electron chi connectivity index (χ1n) is 5.41. The second kappa shape index (κ2) is 4.93. The quantitative estimate of drug-likeness (QED) is 0.818. The van der Waals surface area contributed by atoms with Gasteiger partial charge in [-0.25, -0.2) is 9.59 Å². The fourth-order valence-electron chi connectivity index (χ4n) is 1.79. The summed E-state index contributed by atoms with van der Waals surface area (Å²) >= 11 is 0. The minimum atomic E-state index is -0.882. The Morgan fingerprint density at radius 3 is 2.32 bits per heavy atom. The third kappa shape index (κ3) is 2.08. The first kappa shape index (κ1) is 12.8. The normalized spacial score (nSPS) is 10.2. The summed E-state index contributed by atoms with van der Waals surface area (Å²) in [5.74, 6) is -1.68. The van der Waals surface area contributed by atoms with Gasteiger partial charge in [0.25, 0.3) is 0 Å². The van der Waals surface area contributed by atoms with E-state index in [-0.39, 0.29) is 11.3 Å². The number of carbonyl (C=O) groups excluding carboxylic acids is 2. The van der Waals surface area contributed by atoms with Crippen LogP contribution in [0.4, 0.5) is 0 Å². The Kier molecular flexibility index (Phi) is 3.33. The Morgan fingerprint density at radius 1 is 1.05 bits per heavy atom. The predicted octanol–water partition coefficient (Wildman–Crippen LogP) is 1.10. The van der Waals surface area contributed by atoms with Gasteiger partial charge in [0.1, 0.15) is 11.3 Å². The molecule has 1 N–H and O–H groups in total. The van der Waals surface area contributed by atoms with E-state index in [2.05, 4.69) is 14.5 Å². The maximum absolute atomic E-state index is 12.2. The van der Waals surface area contributed by atoms with Crippen LogP contribution in [0.15, 0.2) is 29.1 Å². The van der Waals surface area contributed by atoms with Crippen LogP contribution >= 0.6 is 0 Å². The standard InChI is InChI=1S/C13H11NO5/c1-18-12(16)9-10(13(17)19-2)14-8-6-4-3-5-7(8)11(9)15/h3-6H,1-2H3,(H,14,15). The summed E-state index contributed by atoms with van der Waals surface area (Å²) in [6.07, 6.45) is 0. The summed E-state index contributed by atoms with van der Waals surface area (Å²) < 4.78 is 9.09. The van der Waals surface area contributed by atoms with Gasteiger partial charge < -0.3 is 14.5 Å². The molecule has 0 aliphatic carbocycles. The van der Waals surface area contributed by atoms with E-state index in [0.29, 0.717) is 10.9 Å². The van der Waals surface area contributed by atoms with Crippen molar-refractivity contribution in [3.8, 4) is 0 Å². The summed E-state index contributed by atoms with van der Waals surface area (Å²) in [5.41, 5.74) is -0.687. The van der Waals surface area contributed by atoms with Crippen LogP contribution in [0.3, 0.4) is 0 Å². The van der Waals surface area contributed by atoms with E-state index in [9.17, 15) is 14.4 Å². The van der Waals surface area contributed by atoms with Crippen LogP contribution in [0.25, 0.3) is 10.9 Å². The number of ether oxygens (including phenoxy) is 2. The molecule has 6 heteroatoms. The first-order chi connectivity index (χ1) is 9.10. The molecule has 19 heavy (non-hydrogen) atoms. The molecule has 98 valence electrons. The van der Waals surface area contributed by atoms with Gasteiger partial charge in [-0.1, -0.05) is 12.1 Å². The highest BCUT2D eigenvalue weighted by atomic mass is 16.5. The van der Waals surface area contributed by atoms with Gasteiger partial charge in [-0.2, -0.15) is 0 Å². The van der Waals surface area contributed by atoms with Crippen molar-refractivity contribution in [1.29, 1.82) is 0 Å². The predicted molar refractivity (Wildman–Crippen MR) is 67.2 cm³/mol. The summed E-state index contributed by atoms with van der Waals surface area (Å²) in [4.78, 5) is 38.3. The molecule has 0 saturated carbocycles. The topological polar surface area (TPSA) is 85.5 Å². The van der Waals surface area contributed by atoms with E-state index < -0.39 is 17.4 Å². The average molecular weight is 261 g/mol. The number of benzene rings is 1. The second-order valence-electron chi connectivity index (χ2n) is 3.73. The number of hydrogen-bond donors (Lipinski definition) is 1. The highest BCUT2D eigenvalue weighted by Gasteiger charge is 2.24. The molecular formula is C13H11NO5. The third-order valence-electron chi connectivity index (χ3n) is 2.69. The lowest BCUT2D eigenvalue weighted by atomic mass is 10.1. The van der Waals surface area contributed by atoms with Crippen LogP contribution < -0.4 is 5.43 Å². The summed E-state index contributed by atoms with van der Waals surface area (Å²) in [5, 5.41) is 0.301. The van der Waals surface area contributed by atoms with Gasteiger partial charge in [0, 0.05) is 10.9 Å². The number of rotatable bonds is 2. The SMILES string of the molecule is COC(=O)c1[nH]c2ccccc2c(=O)c1C(=O)OC. The van der Waals surface area contributed by atoms with Crippen molar-refractivity contribution in [1.82, 2.24) is 4.98 Å². The minimum absolute atomic E-state index is 0.210. The molecule has 1 aromatic heterocycles. The van der Waals surface area contributed by atoms with Crippen molar-refractivity contribution in [2.45, 2.75) is 0 Å². The molecule has 0 fully saturated rings. The number of aromatic nitrogens is 1. The number of aromatic amines is 1. The number of para-hydroxylation sites is 1. The zero-order valence-electron chi connectivity index (χ0n) is 10.4. The lowest BCUT2D eigenvalue weighted by Gasteiger charge is -2.08. The molecule has 0 bridgehead atoms. The van der Waals surface area contributed by atoms with E-state index in [1.807, 2.05) is 0 Å². The molecule has 0 amide bonds. The number of hydrogen-bond acceptors (Lipinski definition) is 5. The van der Waals surface area contributed by atoms with Gasteiger partial charge in [-0.3, -0.25) is 4.79 Å². The zero-order chi connectivity index (χ0) is 14.0. The number of H-pyrrole nitrogens is 1. The third-order valence-corrected chi connectivity index (χ3v) is 2.69. The molecule has 0 unspecified atom stereocenters. The summed E-state index contributed by atoms with van der Waals surface area (Å²) in [7, 11) is 2.30. The zero-order valence-corrected chi connectivity index (χ0v) is 10.4. The Hall–Kier alpha value is -2.63. The Bertz CT molecular complexity index is 717. The van der Waals surface area contributed by atoms with E-state index >= 15 is 0 Å². The molecular weight excluding hydrogens is 250 g/mol. The number of fused-ring (bicyclic) bond motifs is 1. The lowest BCUT2D eigenvalue weighted by Crippen LogP contribution is -2.24. The van der Waals surface area contributed by atoms with Crippen molar-refractivity contribution in [3.05, 3.63) is 45.7 Å². The van der Waals surface area contributed by atoms with Crippen molar-refractivity contribution < 1.29 is 19.1 Å². The Labute approximate surface area is 108 Å². The molecule has 0 aliphatic rings. The van der Waals surface area contributed by atoms with Crippen LogP contribution in [-0.4, -0.2) is 31.1 Å². The van der Waals surface area contributed by atoms with E-state index in [1.165, 1.54) is 0 Å². The highest BCUT2D eigenvalue weighted by Crippen LogP contribution is 2.13. The number of esters is 2. The second-order valence-corrected chi connectivity index (χ2v) is 3.73. The molecule has 6 nitrogen and oxygen atoms in total. The lowest BCUT2D eigenvalue weighted by molar-refractivity contribution is 0.0549. The van der Waals surface area contributed by atoms with Crippen molar-refractivity contribution in [2.24, 2.45) is 0 Å². The number of methoxy groups -OCH3 is 2. The Balaban J connectivity index is 2.88. The molecule has 0 aliphatic heterocycles. The van der Waals surface area contributed by atoms with Crippen LogP contribution in [0.1, 0.15) is 20.8 Å². The maximum Gasteiger partial charge on any atom is 0.355 e.